The molecular formula is C67H95BN2S. The summed E-state index contributed by atoms with van der Waals surface area (Å²) in [6.45, 7) is 57.8. The van der Waals surface area contributed by atoms with Gasteiger partial charge in [-0.15, -0.1) is 5.98 Å². The van der Waals surface area contributed by atoms with Gasteiger partial charge >= 0.3 is 0 Å². The van der Waals surface area contributed by atoms with Gasteiger partial charge in [0, 0.05) is 15.4 Å². The molecule has 0 amide bonds. The van der Waals surface area contributed by atoms with Crippen molar-refractivity contribution in [3.8, 4) is 0 Å². The molecule has 4 aliphatic carbocycles. The molecule has 2 atom stereocenters. The second-order valence-corrected chi connectivity index (χ2v) is 28.8. The number of anilines is 1. The second kappa shape index (κ2) is 19.7. The van der Waals surface area contributed by atoms with Crippen LogP contribution in [-0.4, -0.2) is 18.8 Å². The van der Waals surface area contributed by atoms with Gasteiger partial charge in [0.1, 0.15) is 0 Å². The first kappa shape index (κ1) is 54.8. The standard InChI is InChI=1S/C67H95BN2S/c1-22-48-30-32-49(33-31-48)70-55(42-45(4)44(2)3)53(43-69-54(29-24-34-61(7,8)9)46(5)50-26-23-27-52-56(50)65(16,17)38-37-64(52,14)15)68(41-25-28-51-47(6)62(10,11)35-36-63(51,12)13)60-58(70)57-59(71-60)67(20,21)40-39-66(57,18)19/h23-28,30-32,34,41-44,49,54,69H,4-6,22,29,33,35-40H2,1-3,7-21H3/b34-24+,41-25+,51-28+,53-43-,55-42+. The highest BCUT2D eigenvalue weighted by molar-refractivity contribution is 7.26. The molecule has 2 aromatic rings. The molecule has 382 valence electrons. The molecule has 1 aromatic heterocycles. The van der Waals surface area contributed by atoms with Crippen LogP contribution in [0.1, 0.15) is 210 Å². The van der Waals surface area contributed by atoms with Gasteiger partial charge in [-0.1, -0.05) is 216 Å². The number of allylic oxidation sites excluding steroid dienone is 10. The second-order valence-electron chi connectivity index (χ2n) is 27.7. The van der Waals surface area contributed by atoms with Crippen molar-refractivity contribution in [2.45, 2.75) is 216 Å². The first-order valence-corrected chi connectivity index (χ1v) is 28.5. The molecule has 0 spiro atoms. The lowest BCUT2D eigenvalue weighted by molar-refractivity contribution is 0.261. The molecule has 2 unspecified atom stereocenters. The number of rotatable bonds is 12. The molecule has 7 rings (SSSR count). The van der Waals surface area contributed by atoms with Gasteiger partial charge in [0.15, 0.2) is 0 Å². The first-order chi connectivity index (χ1) is 32.8. The van der Waals surface area contributed by atoms with Crippen LogP contribution in [0.4, 0.5) is 5.69 Å². The number of benzene rings is 1. The number of thiophene rings is 1. The summed E-state index contributed by atoms with van der Waals surface area (Å²) in [5.74, 6) is 2.83. The van der Waals surface area contributed by atoms with E-state index in [2.05, 4.69) is 225 Å². The normalized spacial score (nSPS) is 25.2. The van der Waals surface area contributed by atoms with Crippen molar-refractivity contribution in [1.29, 1.82) is 0 Å². The Morgan fingerprint density at radius 3 is 2.08 bits per heavy atom. The molecule has 2 nitrogen and oxygen atoms in total. The van der Waals surface area contributed by atoms with E-state index in [1.807, 2.05) is 0 Å². The molecule has 1 saturated carbocycles. The zero-order valence-corrected chi connectivity index (χ0v) is 49.0. The SMILES string of the molecule is C=C(/C=C1\C(=C\NC(C/C=C/C(C)(C)C)C(=C)c2cccc3c2C(C)(C)CCC3(C)C)B(/C=C/C=C2\C(=C)C(C)(C)CCC2(C)C)c2sc3c(c2N1C1C=CC(CC)=CC1)C(C)(C)CCC3(C)C)C(C)C. The van der Waals surface area contributed by atoms with E-state index in [1.165, 1.54) is 67.9 Å². The minimum absolute atomic E-state index is 0.00967. The van der Waals surface area contributed by atoms with Crippen molar-refractivity contribution in [2.75, 3.05) is 4.90 Å². The molecule has 0 bridgehead atoms. The van der Waals surface area contributed by atoms with E-state index in [0.29, 0.717) is 0 Å². The van der Waals surface area contributed by atoms with Crippen LogP contribution < -0.4 is 15.0 Å². The quantitative estimate of drug-likeness (QED) is 0.168. The molecule has 2 heterocycles. The summed E-state index contributed by atoms with van der Waals surface area (Å²) in [6.07, 6.45) is 31.8. The molecule has 71 heavy (non-hydrogen) atoms. The maximum absolute atomic E-state index is 5.08. The lowest BCUT2D eigenvalue weighted by Crippen LogP contribution is -2.49. The highest BCUT2D eigenvalue weighted by Crippen LogP contribution is 2.56. The average Bonchev–Trinajstić information content (AvgIpc) is 3.71. The van der Waals surface area contributed by atoms with Gasteiger partial charge in [0.2, 0.25) is 0 Å². The largest absolute Gasteiger partial charge is 0.384 e. The molecule has 0 radical (unpaired) electrons. The fourth-order valence-electron chi connectivity index (χ4n) is 12.2. The molecule has 4 heteroatoms. The summed E-state index contributed by atoms with van der Waals surface area (Å²) >= 11 is 2.10. The Kier molecular flexibility index (Phi) is 15.2. The summed E-state index contributed by atoms with van der Waals surface area (Å²) in [6, 6.07) is 7.15. The zero-order chi connectivity index (χ0) is 52.4. The Hall–Kier alpha value is -4.02. The summed E-state index contributed by atoms with van der Waals surface area (Å²) in [5.41, 5.74) is 16.6. The number of nitrogens with zero attached hydrogens (tertiary/aromatic N) is 1. The molecular weight excluding hydrogens is 876 g/mol. The van der Waals surface area contributed by atoms with Crippen LogP contribution >= 0.6 is 11.3 Å². The number of fused-ring (bicyclic) bond motifs is 4. The highest BCUT2D eigenvalue weighted by Gasteiger charge is 2.49. The summed E-state index contributed by atoms with van der Waals surface area (Å²) in [4.78, 5) is 4.34. The van der Waals surface area contributed by atoms with Crippen molar-refractivity contribution < 1.29 is 0 Å². The van der Waals surface area contributed by atoms with Crippen LogP contribution in [-0.2, 0) is 21.7 Å². The zero-order valence-electron chi connectivity index (χ0n) is 48.2. The topological polar surface area (TPSA) is 15.3 Å². The Bertz CT molecular complexity index is 2640. The average molecular weight is 971 g/mol. The Morgan fingerprint density at radius 2 is 1.46 bits per heavy atom. The van der Waals surface area contributed by atoms with Crippen LogP contribution in [0.3, 0.4) is 0 Å². The predicted molar refractivity (Wildman–Crippen MR) is 318 cm³/mol. The van der Waals surface area contributed by atoms with Gasteiger partial charge in [0.05, 0.1) is 17.8 Å². The van der Waals surface area contributed by atoms with Crippen LogP contribution in [0.25, 0.3) is 5.57 Å². The predicted octanol–water partition coefficient (Wildman–Crippen LogP) is 18.2. The van der Waals surface area contributed by atoms with E-state index in [9.17, 15) is 0 Å². The van der Waals surface area contributed by atoms with Crippen molar-refractivity contribution in [1.82, 2.24) is 5.32 Å². The highest BCUT2D eigenvalue weighted by atomic mass is 32.1. The van der Waals surface area contributed by atoms with Gasteiger partial charge in [0.25, 0.3) is 6.71 Å². The third-order valence-electron chi connectivity index (χ3n) is 17.8. The maximum Gasteiger partial charge on any atom is 0.254 e. The number of hydrogen-bond acceptors (Lipinski definition) is 3. The fourth-order valence-corrected chi connectivity index (χ4v) is 13.9. The number of hydrogen-bond donors (Lipinski definition) is 1. The van der Waals surface area contributed by atoms with E-state index in [4.69, 9.17) is 19.7 Å². The molecule has 1 fully saturated rings. The van der Waals surface area contributed by atoms with Crippen LogP contribution in [0.2, 0.25) is 0 Å². The van der Waals surface area contributed by atoms with E-state index >= 15 is 0 Å². The summed E-state index contributed by atoms with van der Waals surface area (Å²) in [7, 11) is 0. The van der Waals surface area contributed by atoms with Crippen molar-refractivity contribution in [3.63, 3.8) is 0 Å². The van der Waals surface area contributed by atoms with E-state index < -0.39 is 0 Å². The molecule has 1 aromatic carbocycles. The Morgan fingerprint density at radius 1 is 0.845 bits per heavy atom. The molecule has 5 aliphatic rings. The van der Waals surface area contributed by atoms with Gasteiger partial charge < -0.3 is 10.2 Å². The minimum atomic E-state index is -0.0443. The van der Waals surface area contributed by atoms with Crippen molar-refractivity contribution >= 4 is 34.1 Å². The monoisotopic (exact) mass is 971 g/mol. The van der Waals surface area contributed by atoms with Gasteiger partial charge in [-0.2, -0.15) is 11.3 Å². The maximum atomic E-state index is 5.08. The van der Waals surface area contributed by atoms with Crippen molar-refractivity contribution in [3.05, 3.63) is 159 Å². The summed E-state index contributed by atoms with van der Waals surface area (Å²) < 4.78 is 1.46. The Labute approximate surface area is 439 Å². The van der Waals surface area contributed by atoms with E-state index in [1.54, 1.807) is 10.4 Å². The molecule has 1 aliphatic heterocycles. The van der Waals surface area contributed by atoms with Crippen molar-refractivity contribution in [2.24, 2.45) is 22.2 Å². The lowest BCUT2D eigenvalue weighted by atomic mass is 9.40. The van der Waals surface area contributed by atoms with Crippen LogP contribution in [0, 0.1) is 22.2 Å². The molecule has 1 N–H and O–H groups in total. The van der Waals surface area contributed by atoms with Crippen LogP contribution in [0.15, 0.2) is 132 Å². The third kappa shape index (κ3) is 11.0. The van der Waals surface area contributed by atoms with Gasteiger partial charge in [-0.05, 0) is 158 Å². The number of nitrogens with one attached hydrogen (secondary N) is 1. The Balaban J connectivity index is 1.52. The van der Waals surface area contributed by atoms with Crippen LogP contribution in [0.5, 0.6) is 0 Å². The molecule has 0 saturated heterocycles. The minimum Gasteiger partial charge on any atom is -0.384 e. The lowest BCUT2D eigenvalue weighted by Gasteiger charge is -2.46. The smallest absolute Gasteiger partial charge is 0.254 e. The van der Waals surface area contributed by atoms with Gasteiger partial charge in [-0.3, -0.25) is 0 Å². The fraction of sp³-hybridized carbons (Fsp3) is 0.552. The summed E-state index contributed by atoms with van der Waals surface area (Å²) in [5, 5.41) is 4.23. The van der Waals surface area contributed by atoms with E-state index in [0.717, 1.165) is 56.1 Å². The van der Waals surface area contributed by atoms with Gasteiger partial charge in [-0.25, -0.2) is 0 Å². The van der Waals surface area contributed by atoms with E-state index in [-0.39, 0.29) is 62.6 Å². The first-order valence-electron chi connectivity index (χ1n) is 27.6. The third-order valence-corrected chi connectivity index (χ3v) is 19.4.